The number of likely N-dealkylation sites (N-methyl/N-ethyl adjacent to an activating group) is 1. The van der Waals surface area contributed by atoms with Crippen LogP contribution in [0.3, 0.4) is 0 Å². The van der Waals surface area contributed by atoms with Crippen LogP contribution in [-0.2, 0) is 0 Å². The Morgan fingerprint density at radius 1 is 1.38 bits per heavy atom. The average Bonchev–Trinajstić information content (AvgIpc) is 3.05. The summed E-state index contributed by atoms with van der Waals surface area (Å²) in [6.07, 6.45) is 0. The normalized spacial score (nSPS) is 19.9. The second-order valence-corrected chi connectivity index (χ2v) is 6.08. The molecular formula is C17H26ClN5O. The van der Waals surface area contributed by atoms with Gasteiger partial charge in [0.15, 0.2) is 5.82 Å². The summed E-state index contributed by atoms with van der Waals surface area (Å²) in [5.74, 6) is 1.43. The number of rotatable bonds is 5. The molecule has 0 bridgehead atoms. The average molecular weight is 352 g/mol. The summed E-state index contributed by atoms with van der Waals surface area (Å²) in [5.41, 5.74) is 1.17. The molecule has 1 fully saturated rings. The van der Waals surface area contributed by atoms with Gasteiger partial charge in [-0.3, -0.25) is 9.80 Å². The van der Waals surface area contributed by atoms with Crippen molar-refractivity contribution in [2.75, 3.05) is 40.3 Å². The van der Waals surface area contributed by atoms with E-state index in [4.69, 9.17) is 9.51 Å². The topological polar surface area (TPSA) is 57.4 Å². The second-order valence-electron chi connectivity index (χ2n) is 6.08. The fourth-order valence-electron chi connectivity index (χ4n) is 2.99. The highest BCUT2D eigenvalue weighted by Gasteiger charge is 2.29. The van der Waals surface area contributed by atoms with E-state index in [9.17, 15) is 0 Å². The van der Waals surface area contributed by atoms with Gasteiger partial charge in [0, 0.05) is 19.6 Å². The molecule has 0 radical (unpaired) electrons. The van der Waals surface area contributed by atoms with E-state index in [0.717, 1.165) is 32.0 Å². The third-order valence-electron chi connectivity index (χ3n) is 4.56. The minimum absolute atomic E-state index is 0. The summed E-state index contributed by atoms with van der Waals surface area (Å²) in [7, 11) is 4.18. The smallest absolute Gasteiger partial charge is 0.248 e. The molecule has 7 heteroatoms. The first kappa shape index (κ1) is 18.9. The van der Waals surface area contributed by atoms with Gasteiger partial charge in [-0.2, -0.15) is 4.98 Å². The van der Waals surface area contributed by atoms with Crippen molar-refractivity contribution in [1.82, 2.24) is 25.3 Å². The van der Waals surface area contributed by atoms with Crippen LogP contribution >= 0.6 is 12.4 Å². The fraction of sp³-hybridized carbons (Fsp3) is 0.529. The number of benzene rings is 1. The number of aromatic nitrogens is 2. The van der Waals surface area contributed by atoms with Gasteiger partial charge in [0.1, 0.15) is 6.04 Å². The number of hydrogen-bond donors (Lipinski definition) is 1. The van der Waals surface area contributed by atoms with Crippen molar-refractivity contribution in [3.63, 3.8) is 0 Å². The fourth-order valence-corrected chi connectivity index (χ4v) is 2.99. The Balaban J connectivity index is 0.00000208. The van der Waals surface area contributed by atoms with E-state index in [2.05, 4.69) is 53.4 Å². The molecule has 6 nitrogen and oxygen atoms in total. The van der Waals surface area contributed by atoms with Gasteiger partial charge in [0.25, 0.3) is 0 Å². The van der Waals surface area contributed by atoms with Gasteiger partial charge in [-0.1, -0.05) is 42.4 Å². The molecule has 2 atom stereocenters. The molecule has 0 aliphatic carbocycles. The van der Waals surface area contributed by atoms with Crippen molar-refractivity contribution in [3.05, 3.63) is 47.6 Å². The standard InChI is InChI=1S/C17H25N5O.ClH/c1-4-21(2)15(13-8-6-5-7-9-13)17-19-16(20-23-17)14-12-18-10-11-22(14)3;/h5-9,14-15,18H,4,10-12H2,1-3H3;1H. The van der Waals surface area contributed by atoms with E-state index in [1.54, 1.807) is 0 Å². The lowest BCUT2D eigenvalue weighted by Crippen LogP contribution is -2.44. The van der Waals surface area contributed by atoms with E-state index in [1.807, 2.05) is 18.2 Å². The largest absolute Gasteiger partial charge is 0.337 e. The highest BCUT2D eigenvalue weighted by molar-refractivity contribution is 5.85. The van der Waals surface area contributed by atoms with Gasteiger partial charge in [-0.15, -0.1) is 12.4 Å². The molecule has 3 rings (SSSR count). The van der Waals surface area contributed by atoms with Crippen molar-refractivity contribution in [2.45, 2.75) is 19.0 Å². The zero-order chi connectivity index (χ0) is 16.2. The molecule has 1 aliphatic heterocycles. The Morgan fingerprint density at radius 3 is 2.79 bits per heavy atom. The second kappa shape index (κ2) is 8.58. The summed E-state index contributed by atoms with van der Waals surface area (Å²) in [4.78, 5) is 9.22. The Hall–Kier alpha value is -1.47. The third kappa shape index (κ3) is 3.95. The van der Waals surface area contributed by atoms with Gasteiger partial charge in [-0.25, -0.2) is 0 Å². The van der Waals surface area contributed by atoms with Crippen LogP contribution in [0.5, 0.6) is 0 Å². The molecular weight excluding hydrogens is 326 g/mol. The van der Waals surface area contributed by atoms with Crippen LogP contribution < -0.4 is 5.32 Å². The highest BCUT2D eigenvalue weighted by atomic mass is 35.5. The first-order valence-electron chi connectivity index (χ1n) is 8.20. The summed E-state index contributed by atoms with van der Waals surface area (Å²) in [6.45, 7) is 5.89. The molecule has 2 aromatic rings. The lowest BCUT2D eigenvalue weighted by atomic mass is 10.1. The third-order valence-corrected chi connectivity index (χ3v) is 4.56. The number of nitrogens with one attached hydrogen (secondary N) is 1. The first-order valence-corrected chi connectivity index (χ1v) is 8.20. The van der Waals surface area contributed by atoms with Crippen molar-refractivity contribution in [2.24, 2.45) is 0 Å². The predicted octanol–water partition coefficient (Wildman–Crippen LogP) is 2.11. The van der Waals surface area contributed by atoms with E-state index < -0.39 is 0 Å². The van der Waals surface area contributed by atoms with E-state index in [-0.39, 0.29) is 24.5 Å². The zero-order valence-electron chi connectivity index (χ0n) is 14.5. The molecule has 2 unspecified atom stereocenters. The molecule has 1 aliphatic rings. The molecule has 1 aromatic carbocycles. The van der Waals surface area contributed by atoms with E-state index in [1.165, 1.54) is 5.56 Å². The Bertz CT molecular complexity index is 620. The van der Waals surface area contributed by atoms with Gasteiger partial charge in [0.05, 0.1) is 6.04 Å². The van der Waals surface area contributed by atoms with E-state index >= 15 is 0 Å². The van der Waals surface area contributed by atoms with Gasteiger partial charge >= 0.3 is 0 Å². The lowest BCUT2D eigenvalue weighted by Gasteiger charge is -2.30. The highest BCUT2D eigenvalue weighted by Crippen LogP contribution is 2.28. The molecule has 0 saturated carbocycles. The zero-order valence-corrected chi connectivity index (χ0v) is 15.3. The summed E-state index contributed by atoms with van der Waals surface area (Å²) >= 11 is 0. The van der Waals surface area contributed by atoms with Crippen LogP contribution in [-0.4, -0.2) is 60.2 Å². The summed E-state index contributed by atoms with van der Waals surface area (Å²) in [6, 6.07) is 10.5. The number of hydrogen-bond acceptors (Lipinski definition) is 6. The molecule has 132 valence electrons. The van der Waals surface area contributed by atoms with Crippen LogP contribution in [0.2, 0.25) is 0 Å². The molecule has 1 aromatic heterocycles. The van der Waals surface area contributed by atoms with Crippen molar-refractivity contribution in [3.8, 4) is 0 Å². The minimum atomic E-state index is -0.00990. The van der Waals surface area contributed by atoms with Gasteiger partial charge in [-0.05, 0) is 26.2 Å². The molecule has 1 saturated heterocycles. The van der Waals surface area contributed by atoms with Crippen LogP contribution in [0.4, 0.5) is 0 Å². The van der Waals surface area contributed by atoms with Gasteiger partial charge < -0.3 is 9.84 Å². The van der Waals surface area contributed by atoms with E-state index in [0.29, 0.717) is 5.89 Å². The Labute approximate surface area is 149 Å². The minimum Gasteiger partial charge on any atom is -0.337 e. The lowest BCUT2D eigenvalue weighted by molar-refractivity contribution is 0.189. The molecule has 1 N–H and O–H groups in total. The monoisotopic (exact) mass is 351 g/mol. The Kier molecular flexibility index (Phi) is 6.74. The maximum atomic E-state index is 5.65. The first-order chi connectivity index (χ1) is 11.2. The molecule has 0 spiro atoms. The quantitative estimate of drug-likeness (QED) is 0.890. The van der Waals surface area contributed by atoms with Crippen LogP contribution in [0, 0.1) is 0 Å². The van der Waals surface area contributed by atoms with Crippen molar-refractivity contribution in [1.29, 1.82) is 0 Å². The van der Waals surface area contributed by atoms with Crippen LogP contribution in [0.1, 0.15) is 36.3 Å². The maximum Gasteiger partial charge on any atom is 0.248 e. The van der Waals surface area contributed by atoms with Gasteiger partial charge in [0.2, 0.25) is 5.89 Å². The predicted molar refractivity (Wildman–Crippen MR) is 96.4 cm³/mol. The Morgan fingerprint density at radius 2 is 2.12 bits per heavy atom. The summed E-state index contributed by atoms with van der Waals surface area (Å²) in [5, 5.41) is 7.65. The maximum absolute atomic E-state index is 5.65. The molecule has 2 heterocycles. The number of piperazine rings is 1. The van der Waals surface area contributed by atoms with Crippen LogP contribution in [0.15, 0.2) is 34.9 Å². The number of nitrogens with zero attached hydrogens (tertiary/aromatic N) is 4. The number of halogens is 1. The van der Waals surface area contributed by atoms with Crippen molar-refractivity contribution >= 4 is 12.4 Å². The van der Waals surface area contributed by atoms with Crippen LogP contribution in [0.25, 0.3) is 0 Å². The molecule has 24 heavy (non-hydrogen) atoms. The molecule has 0 amide bonds. The van der Waals surface area contributed by atoms with Crippen molar-refractivity contribution < 1.29 is 4.52 Å². The SMILES string of the molecule is CCN(C)C(c1ccccc1)c1nc(C2CNCCN2C)no1.Cl. The summed E-state index contributed by atoms with van der Waals surface area (Å²) < 4.78 is 5.65.